The zero-order chi connectivity index (χ0) is 17.8. The van der Waals surface area contributed by atoms with Gasteiger partial charge in [-0.15, -0.1) is 0 Å². The van der Waals surface area contributed by atoms with Crippen molar-refractivity contribution >= 4 is 21.9 Å². The first-order chi connectivity index (χ1) is 12.1. The third kappa shape index (κ3) is 3.77. The van der Waals surface area contributed by atoms with Gasteiger partial charge in [0.25, 0.3) is 0 Å². The Labute approximate surface area is 154 Å². The number of hydrogen-bond donors (Lipinski definition) is 1. The molecule has 2 aromatic carbocycles. The maximum absolute atomic E-state index is 11.0. The first-order valence-corrected chi connectivity index (χ1v) is 8.71. The summed E-state index contributed by atoms with van der Waals surface area (Å²) in [5, 5.41) is 9.05. The molecule has 1 N–H and O–H groups in total. The molecular formula is C20H18BrNO3. The summed E-state index contributed by atoms with van der Waals surface area (Å²) in [5.41, 5.74) is 3.88. The molecule has 0 amide bonds. The number of methoxy groups -OCH3 is 1. The van der Waals surface area contributed by atoms with Crippen LogP contribution < -0.4 is 4.74 Å². The van der Waals surface area contributed by atoms with Gasteiger partial charge in [-0.1, -0.05) is 40.2 Å². The van der Waals surface area contributed by atoms with E-state index in [-0.39, 0.29) is 6.42 Å². The normalized spacial score (nSPS) is 10.6. The number of ether oxygens (including phenoxy) is 1. The van der Waals surface area contributed by atoms with E-state index in [2.05, 4.69) is 20.5 Å². The molecule has 0 fully saturated rings. The van der Waals surface area contributed by atoms with E-state index in [1.165, 1.54) is 0 Å². The summed E-state index contributed by atoms with van der Waals surface area (Å²) in [6.45, 7) is 0. The second-order valence-electron chi connectivity index (χ2n) is 5.62. The van der Waals surface area contributed by atoms with Crippen LogP contribution in [0.15, 0.2) is 65.1 Å². The van der Waals surface area contributed by atoms with Gasteiger partial charge in [0.1, 0.15) is 5.75 Å². The summed E-state index contributed by atoms with van der Waals surface area (Å²) in [5.74, 6) is -0.0633. The van der Waals surface area contributed by atoms with Gasteiger partial charge in [-0.2, -0.15) is 0 Å². The van der Waals surface area contributed by atoms with Gasteiger partial charge in [-0.25, -0.2) is 0 Å². The molecule has 0 radical (unpaired) electrons. The van der Waals surface area contributed by atoms with E-state index >= 15 is 0 Å². The largest absolute Gasteiger partial charge is 0.495 e. The fourth-order valence-electron chi connectivity index (χ4n) is 2.85. The van der Waals surface area contributed by atoms with Crippen molar-refractivity contribution in [3.05, 3.63) is 70.8 Å². The number of carbonyl (C=O) groups is 1. The number of aromatic nitrogens is 1. The summed E-state index contributed by atoms with van der Waals surface area (Å²) in [7, 11) is 1.64. The average molecular weight is 400 g/mol. The number of hydrogen-bond acceptors (Lipinski definition) is 2. The Balaban J connectivity index is 2.16. The van der Waals surface area contributed by atoms with Crippen LogP contribution in [0.1, 0.15) is 12.1 Å². The van der Waals surface area contributed by atoms with Crippen LogP contribution in [0.3, 0.4) is 0 Å². The number of nitrogens with zero attached hydrogens (tertiary/aromatic N) is 1. The molecule has 4 nitrogen and oxygen atoms in total. The molecule has 0 unspecified atom stereocenters. The molecule has 0 saturated carbocycles. The number of rotatable bonds is 6. The van der Waals surface area contributed by atoms with Crippen molar-refractivity contribution in [3.63, 3.8) is 0 Å². The van der Waals surface area contributed by atoms with Gasteiger partial charge < -0.3 is 14.4 Å². The topological polar surface area (TPSA) is 51.5 Å². The lowest BCUT2D eigenvalue weighted by Crippen LogP contribution is -2.06. The number of benzene rings is 2. The SMILES string of the molecule is COc1ccccc1-n1c(CCC(=O)O)ccc1-c1ccc(Br)cc1. The predicted octanol–water partition coefficient (Wildman–Crippen LogP) is 4.93. The standard InChI is InChI=1S/C20H18BrNO3/c1-25-19-5-3-2-4-18(19)22-16(11-13-20(23)24)10-12-17(22)14-6-8-15(21)9-7-14/h2-10,12H,11,13H2,1H3,(H,23,24). The second kappa shape index (κ2) is 7.57. The minimum absolute atomic E-state index is 0.0823. The maximum Gasteiger partial charge on any atom is 0.303 e. The van der Waals surface area contributed by atoms with Gasteiger partial charge in [0.2, 0.25) is 0 Å². The van der Waals surface area contributed by atoms with Crippen LogP contribution in [0.2, 0.25) is 0 Å². The van der Waals surface area contributed by atoms with E-state index in [1.54, 1.807) is 7.11 Å². The molecule has 1 aromatic heterocycles. The van der Waals surface area contributed by atoms with Crippen LogP contribution in [0.5, 0.6) is 5.75 Å². The van der Waals surface area contributed by atoms with Crippen LogP contribution in [-0.2, 0) is 11.2 Å². The number of aliphatic carboxylic acids is 1. The fraction of sp³-hybridized carbons (Fsp3) is 0.150. The van der Waals surface area contributed by atoms with Crippen molar-refractivity contribution in [1.82, 2.24) is 4.57 Å². The van der Waals surface area contributed by atoms with Crippen molar-refractivity contribution in [2.24, 2.45) is 0 Å². The minimum atomic E-state index is -0.807. The molecule has 3 rings (SSSR count). The van der Waals surface area contributed by atoms with E-state index in [1.807, 2.05) is 60.7 Å². The van der Waals surface area contributed by atoms with Gasteiger partial charge in [0, 0.05) is 10.2 Å². The molecule has 0 atom stereocenters. The second-order valence-corrected chi connectivity index (χ2v) is 6.53. The van der Waals surface area contributed by atoms with Crippen LogP contribution >= 0.6 is 15.9 Å². The lowest BCUT2D eigenvalue weighted by Gasteiger charge is -2.16. The number of halogens is 1. The average Bonchev–Trinajstić information content (AvgIpc) is 3.04. The lowest BCUT2D eigenvalue weighted by atomic mass is 10.1. The molecule has 0 aliphatic rings. The van der Waals surface area contributed by atoms with E-state index in [0.717, 1.165) is 32.9 Å². The number of para-hydroxylation sites is 2. The Hall–Kier alpha value is -2.53. The van der Waals surface area contributed by atoms with Gasteiger partial charge in [-0.3, -0.25) is 4.79 Å². The predicted molar refractivity (Wildman–Crippen MR) is 101 cm³/mol. The monoisotopic (exact) mass is 399 g/mol. The number of carboxylic acid groups (broad SMARTS) is 1. The summed E-state index contributed by atoms with van der Waals surface area (Å²) < 4.78 is 8.60. The zero-order valence-electron chi connectivity index (χ0n) is 13.8. The minimum Gasteiger partial charge on any atom is -0.495 e. The highest BCUT2D eigenvalue weighted by atomic mass is 79.9. The van der Waals surface area contributed by atoms with Gasteiger partial charge in [-0.05, 0) is 48.4 Å². The molecule has 0 saturated heterocycles. The molecule has 128 valence electrons. The Morgan fingerprint density at radius 3 is 2.48 bits per heavy atom. The summed E-state index contributed by atoms with van der Waals surface area (Å²) in [6, 6.07) is 19.8. The molecule has 0 bridgehead atoms. The van der Waals surface area contributed by atoms with Crippen LogP contribution in [0, 0.1) is 0 Å². The third-order valence-electron chi connectivity index (χ3n) is 4.02. The first kappa shape index (κ1) is 17.3. The van der Waals surface area contributed by atoms with E-state index < -0.39 is 5.97 Å². The Kier molecular flexibility index (Phi) is 5.24. The molecule has 0 aliphatic carbocycles. The van der Waals surface area contributed by atoms with Crippen LogP contribution in [0.25, 0.3) is 16.9 Å². The van der Waals surface area contributed by atoms with Gasteiger partial charge >= 0.3 is 5.97 Å². The number of carboxylic acids is 1. The Bertz CT molecular complexity index is 884. The first-order valence-electron chi connectivity index (χ1n) is 7.92. The summed E-state index contributed by atoms with van der Waals surface area (Å²) >= 11 is 3.46. The molecule has 0 aliphatic heterocycles. The molecule has 5 heteroatoms. The van der Waals surface area contributed by atoms with Crippen molar-refractivity contribution in [3.8, 4) is 22.7 Å². The smallest absolute Gasteiger partial charge is 0.303 e. The molecule has 25 heavy (non-hydrogen) atoms. The Morgan fingerprint density at radius 1 is 1.08 bits per heavy atom. The van der Waals surface area contributed by atoms with Crippen LogP contribution in [0.4, 0.5) is 0 Å². The van der Waals surface area contributed by atoms with E-state index in [9.17, 15) is 4.79 Å². The Morgan fingerprint density at radius 2 is 1.80 bits per heavy atom. The summed E-state index contributed by atoms with van der Waals surface area (Å²) in [6.07, 6.45) is 0.531. The molecule has 3 aromatic rings. The fourth-order valence-corrected chi connectivity index (χ4v) is 3.12. The zero-order valence-corrected chi connectivity index (χ0v) is 15.4. The van der Waals surface area contributed by atoms with Crippen molar-refractivity contribution < 1.29 is 14.6 Å². The molecule has 1 heterocycles. The highest BCUT2D eigenvalue weighted by molar-refractivity contribution is 9.10. The van der Waals surface area contributed by atoms with E-state index in [4.69, 9.17) is 9.84 Å². The highest BCUT2D eigenvalue weighted by Gasteiger charge is 2.15. The summed E-state index contributed by atoms with van der Waals surface area (Å²) in [4.78, 5) is 11.0. The van der Waals surface area contributed by atoms with E-state index in [0.29, 0.717) is 6.42 Å². The maximum atomic E-state index is 11.0. The molecular weight excluding hydrogens is 382 g/mol. The van der Waals surface area contributed by atoms with Gasteiger partial charge in [0.15, 0.2) is 0 Å². The van der Waals surface area contributed by atoms with Crippen molar-refractivity contribution in [2.45, 2.75) is 12.8 Å². The highest BCUT2D eigenvalue weighted by Crippen LogP contribution is 2.32. The quantitative estimate of drug-likeness (QED) is 0.638. The van der Waals surface area contributed by atoms with Crippen LogP contribution in [-0.4, -0.2) is 22.8 Å². The van der Waals surface area contributed by atoms with Gasteiger partial charge in [0.05, 0.1) is 24.9 Å². The third-order valence-corrected chi connectivity index (χ3v) is 4.55. The lowest BCUT2D eigenvalue weighted by molar-refractivity contribution is -0.136. The van der Waals surface area contributed by atoms with Crippen molar-refractivity contribution in [2.75, 3.05) is 7.11 Å². The number of aryl methyl sites for hydroxylation is 1. The van der Waals surface area contributed by atoms with Crippen molar-refractivity contribution in [1.29, 1.82) is 0 Å². The molecule has 0 spiro atoms.